The molecule has 1 heterocycles. The molecular formula is C15H22BFO4. The van der Waals surface area contributed by atoms with Crippen LogP contribution in [0.2, 0.25) is 0 Å². The Morgan fingerprint density at radius 1 is 1.14 bits per heavy atom. The van der Waals surface area contributed by atoms with Gasteiger partial charge in [0.05, 0.1) is 11.2 Å². The Morgan fingerprint density at radius 3 is 2.33 bits per heavy atom. The Labute approximate surface area is 125 Å². The van der Waals surface area contributed by atoms with E-state index in [1.54, 1.807) is 6.07 Å². The molecule has 0 aliphatic carbocycles. The van der Waals surface area contributed by atoms with Crippen LogP contribution in [-0.4, -0.2) is 31.7 Å². The van der Waals surface area contributed by atoms with Gasteiger partial charge < -0.3 is 18.8 Å². The molecule has 1 aromatic rings. The topological polar surface area (TPSA) is 36.9 Å². The van der Waals surface area contributed by atoms with Crippen molar-refractivity contribution in [3.63, 3.8) is 0 Å². The van der Waals surface area contributed by atoms with Gasteiger partial charge in [0.1, 0.15) is 11.6 Å². The maximum atomic E-state index is 13.4. The van der Waals surface area contributed by atoms with E-state index in [9.17, 15) is 4.39 Å². The molecule has 6 heteroatoms. The van der Waals surface area contributed by atoms with Crippen LogP contribution in [0.3, 0.4) is 0 Å². The average Bonchev–Trinajstić information content (AvgIpc) is 2.58. The normalized spacial score (nSPS) is 19.8. The van der Waals surface area contributed by atoms with E-state index in [1.165, 1.54) is 12.1 Å². The maximum absolute atomic E-state index is 13.4. The summed E-state index contributed by atoms with van der Waals surface area (Å²) in [5, 5.41) is 0. The number of halogens is 1. The second-order valence-electron chi connectivity index (χ2n) is 6.03. The molecule has 1 fully saturated rings. The predicted molar refractivity (Wildman–Crippen MR) is 79.2 cm³/mol. The molecule has 1 saturated heterocycles. The number of benzene rings is 1. The first-order chi connectivity index (χ1) is 9.77. The fourth-order valence-corrected chi connectivity index (χ4v) is 1.99. The Morgan fingerprint density at radius 2 is 1.76 bits per heavy atom. The second kappa shape index (κ2) is 5.95. The van der Waals surface area contributed by atoms with E-state index in [0.717, 1.165) is 0 Å². The van der Waals surface area contributed by atoms with Crippen molar-refractivity contribution in [2.24, 2.45) is 0 Å². The highest BCUT2D eigenvalue weighted by atomic mass is 19.1. The van der Waals surface area contributed by atoms with E-state index in [4.69, 9.17) is 18.8 Å². The minimum atomic E-state index is -0.591. The highest BCUT2D eigenvalue weighted by Gasteiger charge is 2.52. The molecule has 0 amide bonds. The van der Waals surface area contributed by atoms with Crippen LogP contribution in [0.4, 0.5) is 4.39 Å². The van der Waals surface area contributed by atoms with Gasteiger partial charge in [-0.1, -0.05) is 6.07 Å². The molecule has 0 N–H and O–H groups in total. The predicted octanol–water partition coefficient (Wildman–Crippen LogP) is 2.50. The lowest BCUT2D eigenvalue weighted by molar-refractivity contribution is 0.00578. The third kappa shape index (κ3) is 3.39. The van der Waals surface area contributed by atoms with E-state index < -0.39 is 18.3 Å². The van der Waals surface area contributed by atoms with Crippen LogP contribution in [0.5, 0.6) is 5.75 Å². The Balaban J connectivity index is 2.24. The molecule has 116 valence electrons. The summed E-state index contributed by atoms with van der Waals surface area (Å²) in [6.07, 6.45) is 0. The minimum Gasteiger partial charge on any atom is -0.468 e. The summed E-state index contributed by atoms with van der Waals surface area (Å²) in [5.41, 5.74) is -0.248. The quantitative estimate of drug-likeness (QED) is 0.475. The highest BCUT2D eigenvalue weighted by molar-refractivity contribution is 6.63. The van der Waals surface area contributed by atoms with E-state index >= 15 is 0 Å². The number of ether oxygens (including phenoxy) is 2. The zero-order chi connectivity index (χ0) is 15.7. The summed E-state index contributed by atoms with van der Waals surface area (Å²) in [5.74, 6) is 0.00344. The summed E-state index contributed by atoms with van der Waals surface area (Å²) < 4.78 is 36.0. The zero-order valence-corrected chi connectivity index (χ0v) is 13.2. The second-order valence-corrected chi connectivity index (χ2v) is 6.03. The van der Waals surface area contributed by atoms with Crippen molar-refractivity contribution in [1.82, 2.24) is 0 Å². The smallest absolute Gasteiger partial charge is 0.468 e. The molecule has 0 bridgehead atoms. The van der Waals surface area contributed by atoms with Crippen molar-refractivity contribution in [2.75, 3.05) is 13.4 Å². The first-order valence-electron chi connectivity index (χ1n) is 7.12. The van der Waals surface area contributed by atoms with Crippen LogP contribution in [0.1, 0.15) is 34.6 Å². The van der Waals surface area contributed by atoms with Crippen molar-refractivity contribution in [3.05, 3.63) is 24.0 Å². The first kappa shape index (κ1) is 16.3. The lowest BCUT2D eigenvalue weighted by atomic mass is 9.78. The molecule has 0 atom stereocenters. The van der Waals surface area contributed by atoms with E-state index in [1.807, 2.05) is 34.6 Å². The van der Waals surface area contributed by atoms with Crippen LogP contribution < -0.4 is 10.2 Å². The van der Waals surface area contributed by atoms with Crippen molar-refractivity contribution < 1.29 is 23.2 Å². The summed E-state index contributed by atoms with van der Waals surface area (Å²) in [7, 11) is -0.591. The van der Waals surface area contributed by atoms with Gasteiger partial charge in [0.25, 0.3) is 0 Å². The van der Waals surface area contributed by atoms with Gasteiger partial charge in [-0.05, 0) is 40.7 Å². The van der Waals surface area contributed by atoms with Gasteiger partial charge in [-0.2, -0.15) is 0 Å². The van der Waals surface area contributed by atoms with Crippen LogP contribution in [0.15, 0.2) is 18.2 Å². The molecule has 0 spiro atoms. The van der Waals surface area contributed by atoms with Crippen molar-refractivity contribution in [2.45, 2.75) is 45.8 Å². The number of hydrogen-bond acceptors (Lipinski definition) is 4. The molecule has 1 aliphatic rings. The summed E-state index contributed by atoms with van der Waals surface area (Å²) in [4.78, 5) is 0. The summed E-state index contributed by atoms with van der Waals surface area (Å²) in [6.45, 7) is 10.3. The van der Waals surface area contributed by atoms with Gasteiger partial charge in [-0.25, -0.2) is 4.39 Å². The van der Waals surface area contributed by atoms with Crippen molar-refractivity contribution in [3.8, 4) is 5.75 Å². The van der Waals surface area contributed by atoms with Gasteiger partial charge in [0.2, 0.25) is 0 Å². The zero-order valence-electron chi connectivity index (χ0n) is 13.2. The molecule has 0 unspecified atom stereocenters. The first-order valence-corrected chi connectivity index (χ1v) is 7.12. The standard InChI is InChI=1S/C15H22BFO4/c1-6-18-10-19-13-9-11(17)7-8-12(13)16-20-14(2,3)15(4,5)21-16/h7-9H,6,10H2,1-5H3. The molecule has 1 aromatic carbocycles. The molecule has 1 aliphatic heterocycles. The van der Waals surface area contributed by atoms with E-state index in [-0.39, 0.29) is 12.6 Å². The van der Waals surface area contributed by atoms with Crippen LogP contribution in [0.25, 0.3) is 0 Å². The lowest BCUT2D eigenvalue weighted by Crippen LogP contribution is -2.41. The van der Waals surface area contributed by atoms with Crippen LogP contribution >= 0.6 is 0 Å². The van der Waals surface area contributed by atoms with Crippen LogP contribution in [0, 0.1) is 5.82 Å². The molecule has 21 heavy (non-hydrogen) atoms. The molecular weight excluding hydrogens is 274 g/mol. The monoisotopic (exact) mass is 296 g/mol. The number of hydrogen-bond donors (Lipinski definition) is 0. The summed E-state index contributed by atoms with van der Waals surface area (Å²) in [6, 6.07) is 4.31. The third-order valence-electron chi connectivity index (χ3n) is 3.98. The van der Waals surface area contributed by atoms with Crippen LogP contribution in [-0.2, 0) is 14.0 Å². The van der Waals surface area contributed by atoms with Gasteiger partial charge >= 0.3 is 7.12 Å². The van der Waals surface area contributed by atoms with Gasteiger partial charge in [-0.3, -0.25) is 0 Å². The number of rotatable bonds is 5. The lowest BCUT2D eigenvalue weighted by Gasteiger charge is -2.32. The maximum Gasteiger partial charge on any atom is 0.498 e. The van der Waals surface area contributed by atoms with E-state index in [2.05, 4.69) is 0 Å². The van der Waals surface area contributed by atoms with Gasteiger partial charge in [0, 0.05) is 18.1 Å². The third-order valence-corrected chi connectivity index (χ3v) is 3.98. The van der Waals surface area contributed by atoms with Gasteiger partial charge in [0.15, 0.2) is 6.79 Å². The van der Waals surface area contributed by atoms with Gasteiger partial charge in [-0.15, -0.1) is 0 Å². The molecule has 0 saturated carbocycles. The Kier molecular flexibility index (Phi) is 4.61. The van der Waals surface area contributed by atoms with E-state index in [0.29, 0.717) is 17.8 Å². The molecule has 0 radical (unpaired) electrons. The SMILES string of the molecule is CCOCOc1cc(F)ccc1B1OC(C)(C)C(C)(C)O1. The highest BCUT2D eigenvalue weighted by Crippen LogP contribution is 2.37. The average molecular weight is 296 g/mol. The summed E-state index contributed by atoms with van der Waals surface area (Å²) >= 11 is 0. The Hall–Kier alpha value is -1.11. The van der Waals surface area contributed by atoms with Crippen molar-refractivity contribution in [1.29, 1.82) is 0 Å². The fourth-order valence-electron chi connectivity index (χ4n) is 1.99. The minimum absolute atomic E-state index is 0.0620. The molecule has 0 aromatic heterocycles. The largest absolute Gasteiger partial charge is 0.498 e. The Bertz CT molecular complexity index is 488. The molecule has 2 rings (SSSR count). The van der Waals surface area contributed by atoms with Crippen molar-refractivity contribution >= 4 is 12.6 Å². The fraction of sp³-hybridized carbons (Fsp3) is 0.600. The molecule has 4 nitrogen and oxygen atoms in total.